The van der Waals surface area contributed by atoms with Gasteiger partial charge in [-0.2, -0.15) is 4.99 Å². The molecule has 2 aliphatic heterocycles. The molecule has 2 fully saturated rings. The second kappa shape index (κ2) is 9.21. The molecule has 0 radical (unpaired) electrons. The average molecular weight is 497 g/mol. The van der Waals surface area contributed by atoms with Crippen LogP contribution < -0.4 is 19.1 Å². The molecule has 2 heterocycles. The lowest BCUT2D eigenvalue weighted by atomic mass is 10.2. The van der Waals surface area contributed by atoms with Crippen molar-refractivity contribution in [3.63, 3.8) is 0 Å². The first kappa shape index (κ1) is 22.8. The SMILES string of the molecule is COc1cc(OC)c(N2C(=NC(=O)COc3ccccc3)SC3CS(=O)(=O)CC32)cc1Cl. The zero-order valence-electron chi connectivity index (χ0n) is 17.4. The summed E-state index contributed by atoms with van der Waals surface area (Å²) in [5.41, 5.74) is 0.519. The van der Waals surface area contributed by atoms with Gasteiger partial charge in [0.05, 0.1) is 42.5 Å². The number of rotatable bonds is 6. The summed E-state index contributed by atoms with van der Waals surface area (Å²) in [6.45, 7) is -0.240. The van der Waals surface area contributed by atoms with Gasteiger partial charge in [-0.05, 0) is 18.2 Å². The van der Waals surface area contributed by atoms with Crippen molar-refractivity contribution < 1.29 is 27.4 Å². The van der Waals surface area contributed by atoms with Crippen molar-refractivity contribution in [1.29, 1.82) is 0 Å². The Kier molecular flexibility index (Phi) is 6.55. The lowest BCUT2D eigenvalue weighted by molar-refractivity contribution is -0.119. The van der Waals surface area contributed by atoms with Crippen LogP contribution in [0, 0.1) is 0 Å². The molecule has 2 unspecified atom stereocenters. The number of nitrogens with zero attached hydrogens (tertiary/aromatic N) is 2. The Labute approximate surface area is 195 Å². The first-order chi connectivity index (χ1) is 15.3. The minimum Gasteiger partial charge on any atom is -0.495 e. The van der Waals surface area contributed by atoms with E-state index in [0.29, 0.717) is 33.1 Å². The van der Waals surface area contributed by atoms with Gasteiger partial charge < -0.3 is 19.1 Å². The summed E-state index contributed by atoms with van der Waals surface area (Å²) in [5, 5.41) is 0.457. The molecule has 2 atom stereocenters. The van der Waals surface area contributed by atoms with E-state index in [4.69, 9.17) is 25.8 Å². The fraction of sp³-hybridized carbons (Fsp3) is 0.333. The summed E-state index contributed by atoms with van der Waals surface area (Å²) in [4.78, 5) is 18.5. The van der Waals surface area contributed by atoms with Crippen LogP contribution >= 0.6 is 23.4 Å². The van der Waals surface area contributed by atoms with Crippen LogP contribution in [0.15, 0.2) is 47.5 Å². The lowest BCUT2D eigenvalue weighted by Crippen LogP contribution is -2.38. The topological polar surface area (TPSA) is 94.5 Å². The number of ether oxygens (including phenoxy) is 3. The Morgan fingerprint density at radius 3 is 2.56 bits per heavy atom. The molecular weight excluding hydrogens is 476 g/mol. The quantitative estimate of drug-likeness (QED) is 0.602. The van der Waals surface area contributed by atoms with E-state index >= 15 is 0 Å². The molecule has 2 aliphatic rings. The number of thioether (sulfide) groups is 1. The minimum absolute atomic E-state index is 0.0127. The number of amidine groups is 1. The fourth-order valence-electron chi connectivity index (χ4n) is 3.68. The van der Waals surface area contributed by atoms with Crippen LogP contribution in [0.25, 0.3) is 0 Å². The van der Waals surface area contributed by atoms with Crippen molar-refractivity contribution in [2.24, 2.45) is 4.99 Å². The molecule has 0 spiro atoms. The lowest BCUT2D eigenvalue weighted by Gasteiger charge is -2.26. The number of sulfone groups is 1. The van der Waals surface area contributed by atoms with Crippen molar-refractivity contribution in [3.05, 3.63) is 47.5 Å². The van der Waals surface area contributed by atoms with Crippen molar-refractivity contribution >= 4 is 50.0 Å². The third kappa shape index (κ3) is 4.67. The molecule has 8 nitrogen and oxygen atoms in total. The van der Waals surface area contributed by atoms with E-state index < -0.39 is 21.8 Å². The number of carbonyl (C=O) groups excluding carboxylic acids is 1. The molecule has 0 aromatic heterocycles. The zero-order chi connectivity index (χ0) is 22.9. The average Bonchev–Trinajstić information content (AvgIpc) is 3.23. The Bertz CT molecular complexity index is 1160. The molecule has 0 aliphatic carbocycles. The van der Waals surface area contributed by atoms with Gasteiger partial charge in [0.2, 0.25) is 0 Å². The summed E-state index contributed by atoms with van der Waals surface area (Å²) >= 11 is 7.61. The highest BCUT2D eigenvalue weighted by atomic mass is 35.5. The maximum Gasteiger partial charge on any atom is 0.285 e. The number of anilines is 1. The van der Waals surface area contributed by atoms with Crippen LogP contribution in [0.5, 0.6) is 17.2 Å². The maximum absolute atomic E-state index is 12.6. The Balaban J connectivity index is 1.67. The van der Waals surface area contributed by atoms with E-state index in [9.17, 15) is 13.2 Å². The highest BCUT2D eigenvalue weighted by Gasteiger charge is 2.50. The van der Waals surface area contributed by atoms with E-state index in [1.54, 1.807) is 29.2 Å². The van der Waals surface area contributed by atoms with Crippen LogP contribution in [0.1, 0.15) is 0 Å². The van der Waals surface area contributed by atoms with Crippen molar-refractivity contribution in [1.82, 2.24) is 0 Å². The van der Waals surface area contributed by atoms with Crippen LogP contribution in [0.3, 0.4) is 0 Å². The number of halogens is 1. The first-order valence-corrected chi connectivity index (χ1v) is 12.8. The Morgan fingerprint density at radius 1 is 1.16 bits per heavy atom. The third-order valence-electron chi connectivity index (χ3n) is 5.11. The predicted molar refractivity (Wildman–Crippen MR) is 125 cm³/mol. The van der Waals surface area contributed by atoms with Crippen LogP contribution in [-0.4, -0.2) is 63.1 Å². The summed E-state index contributed by atoms with van der Waals surface area (Å²) in [6.07, 6.45) is 0. The van der Waals surface area contributed by atoms with Crippen molar-refractivity contribution in [3.8, 4) is 17.2 Å². The number of hydrogen-bond acceptors (Lipinski definition) is 7. The second-order valence-electron chi connectivity index (χ2n) is 7.22. The molecular formula is C21H21ClN2O6S2. The molecule has 0 N–H and O–H groups in total. The van der Waals surface area contributed by atoms with Gasteiger partial charge in [-0.25, -0.2) is 8.42 Å². The molecule has 170 valence electrons. The predicted octanol–water partition coefficient (Wildman–Crippen LogP) is 3.04. The van der Waals surface area contributed by atoms with E-state index in [1.807, 2.05) is 18.2 Å². The molecule has 0 saturated carbocycles. The van der Waals surface area contributed by atoms with Crippen molar-refractivity contribution in [2.75, 3.05) is 37.2 Å². The smallest absolute Gasteiger partial charge is 0.285 e. The summed E-state index contributed by atoms with van der Waals surface area (Å²) in [6, 6.07) is 11.8. The highest BCUT2D eigenvalue weighted by molar-refractivity contribution is 8.16. The van der Waals surface area contributed by atoms with Gasteiger partial charge in [-0.3, -0.25) is 4.79 Å². The van der Waals surface area contributed by atoms with Gasteiger partial charge in [0.25, 0.3) is 5.91 Å². The molecule has 32 heavy (non-hydrogen) atoms. The van der Waals surface area contributed by atoms with Crippen LogP contribution in [0.2, 0.25) is 5.02 Å². The number of para-hydroxylation sites is 1. The minimum atomic E-state index is -3.21. The third-order valence-corrected chi connectivity index (χ3v) is 8.61. The van der Waals surface area contributed by atoms with E-state index in [-0.39, 0.29) is 23.4 Å². The zero-order valence-corrected chi connectivity index (χ0v) is 19.7. The molecule has 1 amide bonds. The first-order valence-electron chi connectivity index (χ1n) is 9.68. The van der Waals surface area contributed by atoms with Gasteiger partial charge in [-0.15, -0.1) is 0 Å². The van der Waals surface area contributed by atoms with Gasteiger partial charge in [0.15, 0.2) is 21.6 Å². The number of benzene rings is 2. The molecule has 0 bridgehead atoms. The maximum atomic E-state index is 12.6. The fourth-order valence-corrected chi connectivity index (χ4v) is 7.84. The molecule has 2 saturated heterocycles. The largest absolute Gasteiger partial charge is 0.495 e. The normalized spacial score (nSPS) is 22.6. The summed E-state index contributed by atoms with van der Waals surface area (Å²) in [5.74, 6) is 0.883. The number of amides is 1. The van der Waals surface area contributed by atoms with Gasteiger partial charge in [0, 0.05) is 11.3 Å². The van der Waals surface area contributed by atoms with Crippen LogP contribution in [-0.2, 0) is 14.6 Å². The number of fused-ring (bicyclic) bond motifs is 1. The van der Waals surface area contributed by atoms with E-state index in [2.05, 4.69) is 4.99 Å². The van der Waals surface area contributed by atoms with Gasteiger partial charge in [0.1, 0.15) is 17.2 Å². The molecule has 11 heteroatoms. The number of aliphatic imine (C=N–C) groups is 1. The molecule has 4 rings (SSSR count). The molecule has 2 aromatic carbocycles. The van der Waals surface area contributed by atoms with Gasteiger partial charge >= 0.3 is 0 Å². The van der Waals surface area contributed by atoms with Crippen molar-refractivity contribution in [2.45, 2.75) is 11.3 Å². The van der Waals surface area contributed by atoms with Gasteiger partial charge in [-0.1, -0.05) is 41.6 Å². The number of carbonyl (C=O) groups is 1. The summed E-state index contributed by atoms with van der Waals surface area (Å²) in [7, 11) is -0.229. The van der Waals surface area contributed by atoms with Crippen LogP contribution in [0.4, 0.5) is 5.69 Å². The highest BCUT2D eigenvalue weighted by Crippen LogP contribution is 2.46. The Morgan fingerprint density at radius 2 is 1.88 bits per heavy atom. The standard InChI is InChI=1S/C21H21ClN2O6S2/c1-28-17-9-18(29-2)15(8-14(17)22)24-16-11-32(26,27)12-19(16)31-21(24)23-20(25)10-30-13-6-4-3-5-7-13/h3-9,16,19H,10-12H2,1-2H3. The monoisotopic (exact) mass is 496 g/mol. The number of hydrogen-bond donors (Lipinski definition) is 0. The van der Waals surface area contributed by atoms with E-state index in [1.165, 1.54) is 26.0 Å². The molecule has 2 aromatic rings. The Hall–Kier alpha value is -2.43. The number of methoxy groups -OCH3 is 2. The van der Waals surface area contributed by atoms with E-state index in [0.717, 1.165) is 0 Å². The second-order valence-corrected chi connectivity index (χ2v) is 11.0. The summed E-state index contributed by atoms with van der Waals surface area (Å²) < 4.78 is 40.8.